The van der Waals surface area contributed by atoms with E-state index >= 15 is 0 Å². The standard InChI is InChI=1S/C13H18N4O/c1-2-16-7-4-10(5-8-16)17-12-3-6-14-9-11(12)15-13(17)18/h3,6,9-10H,2,4-5,7-8H2,1H3,(H,15,18). The van der Waals surface area contributed by atoms with Gasteiger partial charge in [0.15, 0.2) is 0 Å². The Morgan fingerprint density at radius 3 is 2.94 bits per heavy atom. The summed E-state index contributed by atoms with van der Waals surface area (Å²) in [6.45, 7) is 5.43. The Balaban J connectivity index is 1.95. The van der Waals surface area contributed by atoms with Gasteiger partial charge in [0, 0.05) is 25.3 Å². The number of fused-ring (bicyclic) bond motifs is 1. The van der Waals surface area contributed by atoms with Crippen LogP contribution in [-0.2, 0) is 0 Å². The fraction of sp³-hybridized carbons (Fsp3) is 0.538. The van der Waals surface area contributed by atoms with Crippen LogP contribution < -0.4 is 5.69 Å². The molecule has 0 saturated carbocycles. The van der Waals surface area contributed by atoms with Crippen LogP contribution in [0, 0.1) is 0 Å². The first-order valence-corrected chi connectivity index (χ1v) is 6.56. The number of pyridine rings is 1. The smallest absolute Gasteiger partial charge is 0.304 e. The largest absolute Gasteiger partial charge is 0.326 e. The summed E-state index contributed by atoms with van der Waals surface area (Å²) in [6, 6.07) is 2.23. The van der Waals surface area contributed by atoms with Crippen LogP contribution in [0.25, 0.3) is 11.0 Å². The average Bonchev–Trinajstić information content (AvgIpc) is 2.75. The average molecular weight is 246 g/mol. The van der Waals surface area contributed by atoms with E-state index in [2.05, 4.69) is 21.8 Å². The molecule has 0 aromatic carbocycles. The Labute approximate surface area is 105 Å². The van der Waals surface area contributed by atoms with E-state index < -0.39 is 0 Å². The minimum absolute atomic E-state index is 0.00653. The van der Waals surface area contributed by atoms with Crippen LogP contribution in [-0.4, -0.2) is 39.1 Å². The van der Waals surface area contributed by atoms with Crippen molar-refractivity contribution in [3.63, 3.8) is 0 Å². The molecular weight excluding hydrogens is 228 g/mol. The summed E-state index contributed by atoms with van der Waals surface area (Å²) >= 11 is 0. The number of piperidine rings is 1. The zero-order valence-electron chi connectivity index (χ0n) is 10.6. The molecule has 2 aromatic rings. The SMILES string of the molecule is CCN1CCC(n2c(=O)[nH]c3cnccc32)CC1. The van der Waals surface area contributed by atoms with E-state index in [9.17, 15) is 4.79 Å². The normalized spacial score (nSPS) is 18.5. The lowest BCUT2D eigenvalue weighted by atomic mass is 10.0. The van der Waals surface area contributed by atoms with Gasteiger partial charge in [-0.1, -0.05) is 6.92 Å². The number of aromatic nitrogens is 3. The molecule has 0 aliphatic carbocycles. The maximum absolute atomic E-state index is 12.1. The van der Waals surface area contributed by atoms with Crippen molar-refractivity contribution >= 4 is 11.0 Å². The molecule has 1 saturated heterocycles. The minimum atomic E-state index is -0.00653. The van der Waals surface area contributed by atoms with Crippen molar-refractivity contribution in [3.8, 4) is 0 Å². The number of H-pyrrole nitrogens is 1. The minimum Gasteiger partial charge on any atom is -0.304 e. The Morgan fingerprint density at radius 2 is 2.22 bits per heavy atom. The summed E-state index contributed by atoms with van der Waals surface area (Å²) in [6.07, 6.45) is 5.55. The fourth-order valence-electron chi connectivity index (χ4n) is 2.83. The van der Waals surface area contributed by atoms with Gasteiger partial charge in [0.1, 0.15) is 0 Å². The number of hydrogen-bond acceptors (Lipinski definition) is 3. The van der Waals surface area contributed by atoms with E-state index in [0.717, 1.165) is 43.5 Å². The van der Waals surface area contributed by atoms with Gasteiger partial charge >= 0.3 is 5.69 Å². The van der Waals surface area contributed by atoms with Gasteiger partial charge in [0.2, 0.25) is 0 Å². The zero-order valence-corrected chi connectivity index (χ0v) is 10.6. The van der Waals surface area contributed by atoms with Crippen LogP contribution in [0.3, 0.4) is 0 Å². The molecular formula is C13H18N4O. The molecule has 0 unspecified atom stereocenters. The van der Waals surface area contributed by atoms with E-state index in [-0.39, 0.29) is 5.69 Å². The lowest BCUT2D eigenvalue weighted by molar-refractivity contribution is 0.195. The van der Waals surface area contributed by atoms with Crippen molar-refractivity contribution < 1.29 is 0 Å². The number of aromatic amines is 1. The number of nitrogens with one attached hydrogen (secondary N) is 1. The molecule has 0 atom stereocenters. The van der Waals surface area contributed by atoms with Gasteiger partial charge in [-0.2, -0.15) is 0 Å². The molecule has 5 nitrogen and oxygen atoms in total. The Bertz CT molecular complexity index is 592. The summed E-state index contributed by atoms with van der Waals surface area (Å²) in [5.74, 6) is 0. The lowest BCUT2D eigenvalue weighted by Crippen LogP contribution is -2.36. The van der Waals surface area contributed by atoms with Crippen molar-refractivity contribution in [1.29, 1.82) is 0 Å². The molecule has 96 valence electrons. The third-order valence-corrected chi connectivity index (χ3v) is 3.89. The van der Waals surface area contributed by atoms with Crippen LogP contribution in [0.1, 0.15) is 25.8 Å². The Hall–Kier alpha value is -1.62. The molecule has 1 aliphatic heterocycles. The number of likely N-dealkylation sites (tertiary alicyclic amines) is 1. The Morgan fingerprint density at radius 1 is 1.44 bits per heavy atom. The maximum atomic E-state index is 12.1. The monoisotopic (exact) mass is 246 g/mol. The van der Waals surface area contributed by atoms with E-state index in [0.29, 0.717) is 6.04 Å². The van der Waals surface area contributed by atoms with Gasteiger partial charge < -0.3 is 9.88 Å². The highest BCUT2D eigenvalue weighted by Gasteiger charge is 2.22. The predicted octanol–water partition coefficient (Wildman–Crippen LogP) is 1.38. The van der Waals surface area contributed by atoms with Gasteiger partial charge in [-0.15, -0.1) is 0 Å². The second-order valence-electron chi connectivity index (χ2n) is 4.86. The van der Waals surface area contributed by atoms with E-state index in [1.807, 2.05) is 10.6 Å². The third-order valence-electron chi connectivity index (χ3n) is 3.89. The summed E-state index contributed by atoms with van der Waals surface area (Å²) in [4.78, 5) is 21.4. The topological polar surface area (TPSA) is 53.9 Å². The molecule has 0 amide bonds. The van der Waals surface area contributed by atoms with Crippen molar-refractivity contribution in [3.05, 3.63) is 28.9 Å². The summed E-state index contributed by atoms with van der Waals surface area (Å²) < 4.78 is 1.91. The first-order chi connectivity index (χ1) is 8.79. The van der Waals surface area contributed by atoms with Crippen LogP contribution in [0.5, 0.6) is 0 Å². The van der Waals surface area contributed by atoms with Crippen molar-refractivity contribution in [1.82, 2.24) is 19.4 Å². The molecule has 3 rings (SSSR count). The molecule has 0 radical (unpaired) electrons. The van der Waals surface area contributed by atoms with Gasteiger partial charge in [0.25, 0.3) is 0 Å². The zero-order chi connectivity index (χ0) is 12.5. The van der Waals surface area contributed by atoms with Crippen LogP contribution in [0.4, 0.5) is 0 Å². The van der Waals surface area contributed by atoms with Crippen molar-refractivity contribution in [2.24, 2.45) is 0 Å². The first-order valence-electron chi connectivity index (χ1n) is 6.56. The van der Waals surface area contributed by atoms with Gasteiger partial charge in [-0.05, 0) is 25.5 Å². The van der Waals surface area contributed by atoms with E-state index in [1.54, 1.807) is 12.4 Å². The van der Waals surface area contributed by atoms with Crippen LogP contribution in [0.15, 0.2) is 23.3 Å². The molecule has 1 fully saturated rings. The molecule has 1 N–H and O–H groups in total. The number of imidazole rings is 1. The quantitative estimate of drug-likeness (QED) is 0.871. The number of nitrogens with zero attached hydrogens (tertiary/aromatic N) is 3. The second kappa shape index (κ2) is 4.57. The molecule has 3 heterocycles. The van der Waals surface area contributed by atoms with E-state index in [1.165, 1.54) is 0 Å². The molecule has 2 aromatic heterocycles. The lowest BCUT2D eigenvalue weighted by Gasteiger charge is -2.31. The van der Waals surface area contributed by atoms with Gasteiger partial charge in [-0.3, -0.25) is 9.55 Å². The van der Waals surface area contributed by atoms with E-state index in [4.69, 9.17) is 0 Å². The van der Waals surface area contributed by atoms with Crippen molar-refractivity contribution in [2.75, 3.05) is 19.6 Å². The summed E-state index contributed by atoms with van der Waals surface area (Å²) in [5.41, 5.74) is 1.80. The molecule has 0 bridgehead atoms. The highest BCUT2D eigenvalue weighted by molar-refractivity contribution is 5.73. The van der Waals surface area contributed by atoms with Crippen LogP contribution >= 0.6 is 0 Å². The number of hydrogen-bond donors (Lipinski definition) is 1. The highest BCUT2D eigenvalue weighted by atomic mass is 16.1. The number of rotatable bonds is 2. The molecule has 18 heavy (non-hydrogen) atoms. The Kier molecular flexibility index (Phi) is 2.91. The van der Waals surface area contributed by atoms with Gasteiger partial charge in [0.05, 0.1) is 17.2 Å². The maximum Gasteiger partial charge on any atom is 0.326 e. The second-order valence-corrected chi connectivity index (χ2v) is 4.86. The summed E-state index contributed by atoms with van der Waals surface area (Å²) in [5, 5.41) is 0. The summed E-state index contributed by atoms with van der Waals surface area (Å²) in [7, 11) is 0. The predicted molar refractivity (Wildman–Crippen MR) is 70.7 cm³/mol. The van der Waals surface area contributed by atoms with Crippen LogP contribution in [0.2, 0.25) is 0 Å². The molecule has 1 aliphatic rings. The first kappa shape index (κ1) is 11.5. The fourth-order valence-corrected chi connectivity index (χ4v) is 2.83. The third kappa shape index (κ3) is 1.84. The van der Waals surface area contributed by atoms with Gasteiger partial charge in [-0.25, -0.2) is 4.79 Å². The highest BCUT2D eigenvalue weighted by Crippen LogP contribution is 2.24. The van der Waals surface area contributed by atoms with Crippen molar-refractivity contribution in [2.45, 2.75) is 25.8 Å². The molecule has 5 heteroatoms. The molecule has 0 spiro atoms.